The maximum absolute atomic E-state index is 6.36. The average molecular weight is 495 g/mol. The summed E-state index contributed by atoms with van der Waals surface area (Å²) in [4.78, 5) is 11.7. The number of halogens is 2. The number of fused-ring (bicyclic) bond motifs is 1. The summed E-state index contributed by atoms with van der Waals surface area (Å²) in [6.45, 7) is 0. The first-order valence-corrected chi connectivity index (χ1v) is 13.0. The van der Waals surface area contributed by atoms with Gasteiger partial charge in [0.05, 0.1) is 5.52 Å². The third kappa shape index (κ3) is 5.40. The predicted octanol–water partition coefficient (Wildman–Crippen LogP) is 6.49. The lowest BCUT2D eigenvalue weighted by Crippen LogP contribution is -2.20. The second-order valence-electron chi connectivity index (χ2n) is 9.92. The molecule has 1 N–H and O–H groups in total. The number of rotatable bonds is 7. The molecule has 2 heterocycles. The highest BCUT2D eigenvalue weighted by molar-refractivity contribution is 6.33. The molecule has 2 unspecified atom stereocenters. The minimum atomic E-state index is 0.531. The van der Waals surface area contributed by atoms with Crippen molar-refractivity contribution in [3.63, 3.8) is 0 Å². The highest BCUT2D eigenvalue weighted by Crippen LogP contribution is 2.38. The van der Waals surface area contributed by atoms with Gasteiger partial charge in [-0.25, -0.2) is 9.97 Å². The SMILES string of the molecule is CN(C)c1nc(C/C=C/C2CCC(C3NC3Cc3cc(Cl)ccc3Cl)CC2)nc2ccccc12. The highest BCUT2D eigenvalue weighted by Gasteiger charge is 2.42. The number of para-hydroxylation sites is 1. The first-order valence-electron chi connectivity index (χ1n) is 12.3. The van der Waals surface area contributed by atoms with Crippen molar-refractivity contribution in [2.75, 3.05) is 19.0 Å². The van der Waals surface area contributed by atoms with E-state index in [0.717, 1.165) is 56.9 Å². The van der Waals surface area contributed by atoms with Gasteiger partial charge in [-0.1, -0.05) is 47.5 Å². The average Bonchev–Trinajstić information content (AvgIpc) is 3.60. The molecule has 2 aliphatic rings. The molecule has 1 saturated carbocycles. The minimum Gasteiger partial charge on any atom is -0.362 e. The summed E-state index contributed by atoms with van der Waals surface area (Å²) in [5.74, 6) is 3.29. The van der Waals surface area contributed by atoms with E-state index in [4.69, 9.17) is 33.2 Å². The van der Waals surface area contributed by atoms with Gasteiger partial charge in [0, 0.05) is 48.0 Å². The molecule has 1 aromatic heterocycles. The van der Waals surface area contributed by atoms with Gasteiger partial charge in [0.1, 0.15) is 11.6 Å². The molecule has 1 aliphatic carbocycles. The molecule has 1 aliphatic heterocycles. The molecule has 2 fully saturated rings. The van der Waals surface area contributed by atoms with Gasteiger partial charge in [-0.05, 0) is 79.8 Å². The Labute approximate surface area is 212 Å². The topological polar surface area (TPSA) is 51.0 Å². The van der Waals surface area contributed by atoms with Crippen molar-refractivity contribution in [2.45, 2.75) is 50.6 Å². The van der Waals surface area contributed by atoms with Crippen LogP contribution in [-0.2, 0) is 12.8 Å². The zero-order chi connectivity index (χ0) is 23.7. The van der Waals surface area contributed by atoms with E-state index in [1.165, 1.54) is 25.7 Å². The van der Waals surface area contributed by atoms with E-state index in [9.17, 15) is 0 Å². The Balaban J connectivity index is 1.12. The number of hydrogen-bond donors (Lipinski definition) is 1. The summed E-state index contributed by atoms with van der Waals surface area (Å²) in [6.07, 6.45) is 11.5. The number of hydrogen-bond acceptors (Lipinski definition) is 4. The van der Waals surface area contributed by atoms with Crippen LogP contribution >= 0.6 is 23.2 Å². The number of anilines is 1. The Bertz CT molecular complexity index is 1180. The molecule has 2 atom stereocenters. The number of benzene rings is 2. The Morgan fingerprint density at radius 3 is 2.62 bits per heavy atom. The second kappa shape index (κ2) is 10.2. The minimum absolute atomic E-state index is 0.531. The van der Waals surface area contributed by atoms with Crippen LogP contribution in [0, 0.1) is 11.8 Å². The molecule has 0 spiro atoms. The fraction of sp³-hybridized carbons (Fsp3) is 0.429. The van der Waals surface area contributed by atoms with Crippen LogP contribution in [-0.4, -0.2) is 36.1 Å². The van der Waals surface area contributed by atoms with E-state index < -0.39 is 0 Å². The van der Waals surface area contributed by atoms with E-state index in [1.54, 1.807) is 0 Å². The van der Waals surface area contributed by atoms with Crippen LogP contribution in [0.1, 0.15) is 37.1 Å². The van der Waals surface area contributed by atoms with Crippen molar-refractivity contribution in [3.05, 3.63) is 76.0 Å². The van der Waals surface area contributed by atoms with Crippen molar-refractivity contribution in [1.82, 2.24) is 15.3 Å². The van der Waals surface area contributed by atoms with E-state index in [2.05, 4.69) is 34.5 Å². The van der Waals surface area contributed by atoms with Crippen molar-refractivity contribution in [1.29, 1.82) is 0 Å². The van der Waals surface area contributed by atoms with Gasteiger partial charge < -0.3 is 10.2 Å². The van der Waals surface area contributed by atoms with Gasteiger partial charge in [0.15, 0.2) is 0 Å². The summed E-state index contributed by atoms with van der Waals surface area (Å²) in [7, 11) is 4.07. The quantitative estimate of drug-likeness (QED) is 0.301. The Morgan fingerprint density at radius 2 is 1.82 bits per heavy atom. The molecular formula is C28H32Cl2N4. The predicted molar refractivity (Wildman–Crippen MR) is 143 cm³/mol. The van der Waals surface area contributed by atoms with Crippen molar-refractivity contribution in [2.24, 2.45) is 11.8 Å². The first-order chi connectivity index (χ1) is 16.5. The van der Waals surface area contributed by atoms with Crippen LogP contribution in [0.25, 0.3) is 10.9 Å². The Hall–Kier alpha value is -2.14. The third-order valence-corrected chi connectivity index (χ3v) is 7.87. The standard InChI is InChI=1S/C28H32Cl2N4/c1-34(2)28-22-7-3-4-8-24(22)31-26(33-28)9-5-6-18-10-12-19(13-11-18)27-25(32-27)17-20-16-21(29)14-15-23(20)30/h3-8,14-16,18-19,25,27,32H,9-13,17H2,1-2H3/b6-5+. The van der Waals surface area contributed by atoms with Gasteiger partial charge in [0.2, 0.25) is 0 Å². The Morgan fingerprint density at radius 1 is 1.03 bits per heavy atom. The van der Waals surface area contributed by atoms with Gasteiger partial charge in [0.25, 0.3) is 0 Å². The third-order valence-electron chi connectivity index (χ3n) is 7.26. The fourth-order valence-corrected chi connectivity index (χ4v) is 5.77. The van der Waals surface area contributed by atoms with Crippen LogP contribution in [0.5, 0.6) is 0 Å². The van der Waals surface area contributed by atoms with Crippen LogP contribution in [0.3, 0.4) is 0 Å². The van der Waals surface area contributed by atoms with Gasteiger partial charge in [-0.2, -0.15) is 0 Å². The molecule has 178 valence electrons. The lowest BCUT2D eigenvalue weighted by Gasteiger charge is -2.26. The van der Waals surface area contributed by atoms with Gasteiger partial charge in [-0.3, -0.25) is 0 Å². The van der Waals surface area contributed by atoms with Crippen LogP contribution in [0.2, 0.25) is 10.0 Å². The lowest BCUT2D eigenvalue weighted by molar-refractivity contribution is 0.302. The highest BCUT2D eigenvalue weighted by atomic mass is 35.5. The molecule has 3 aromatic rings. The van der Waals surface area contributed by atoms with Crippen LogP contribution < -0.4 is 10.2 Å². The van der Waals surface area contributed by atoms with Crippen LogP contribution in [0.4, 0.5) is 5.82 Å². The summed E-state index contributed by atoms with van der Waals surface area (Å²) in [6, 6.07) is 15.1. The summed E-state index contributed by atoms with van der Waals surface area (Å²) < 4.78 is 0. The number of allylic oxidation sites excluding steroid dienone is 2. The lowest BCUT2D eigenvalue weighted by atomic mass is 9.79. The summed E-state index contributed by atoms with van der Waals surface area (Å²) in [5, 5.41) is 6.38. The summed E-state index contributed by atoms with van der Waals surface area (Å²) >= 11 is 12.5. The molecular weight excluding hydrogens is 463 g/mol. The summed E-state index contributed by atoms with van der Waals surface area (Å²) in [5.41, 5.74) is 2.16. The molecule has 5 rings (SSSR count). The zero-order valence-electron chi connectivity index (χ0n) is 19.8. The number of aromatic nitrogens is 2. The van der Waals surface area contributed by atoms with Crippen molar-refractivity contribution in [3.8, 4) is 0 Å². The second-order valence-corrected chi connectivity index (χ2v) is 10.8. The number of nitrogens with zero attached hydrogens (tertiary/aromatic N) is 3. The molecule has 4 nitrogen and oxygen atoms in total. The van der Waals surface area contributed by atoms with E-state index in [0.29, 0.717) is 18.0 Å². The maximum Gasteiger partial charge on any atom is 0.139 e. The normalized spacial score (nSPS) is 24.6. The maximum atomic E-state index is 6.36. The van der Waals surface area contributed by atoms with Gasteiger partial charge >= 0.3 is 0 Å². The molecule has 0 amide bonds. The van der Waals surface area contributed by atoms with Crippen molar-refractivity contribution >= 4 is 39.9 Å². The fourth-order valence-electron chi connectivity index (χ4n) is 5.38. The van der Waals surface area contributed by atoms with E-state index in [-0.39, 0.29) is 0 Å². The van der Waals surface area contributed by atoms with Gasteiger partial charge in [-0.15, -0.1) is 0 Å². The van der Waals surface area contributed by atoms with Crippen molar-refractivity contribution < 1.29 is 0 Å². The molecule has 2 aromatic carbocycles. The first kappa shape index (κ1) is 23.6. The molecule has 0 radical (unpaired) electrons. The molecule has 0 bridgehead atoms. The zero-order valence-corrected chi connectivity index (χ0v) is 21.4. The smallest absolute Gasteiger partial charge is 0.139 e. The van der Waals surface area contributed by atoms with Crippen LogP contribution in [0.15, 0.2) is 54.6 Å². The molecule has 34 heavy (non-hydrogen) atoms. The monoisotopic (exact) mass is 494 g/mol. The number of nitrogens with one attached hydrogen (secondary N) is 1. The van der Waals surface area contributed by atoms with E-state index in [1.807, 2.05) is 44.4 Å². The molecule has 6 heteroatoms. The largest absolute Gasteiger partial charge is 0.362 e. The van der Waals surface area contributed by atoms with E-state index >= 15 is 0 Å². The molecule has 1 saturated heterocycles. The Kier molecular flexibility index (Phi) is 7.10.